The van der Waals surface area contributed by atoms with Crippen molar-refractivity contribution in [2.45, 2.75) is 63.1 Å². The van der Waals surface area contributed by atoms with Gasteiger partial charge < -0.3 is 9.84 Å². The van der Waals surface area contributed by atoms with E-state index in [2.05, 4.69) is 5.01 Å². The molecule has 1 aliphatic heterocycles. The van der Waals surface area contributed by atoms with Gasteiger partial charge in [-0.1, -0.05) is 6.07 Å². The molecule has 5 aliphatic rings. The minimum Gasteiger partial charge on any atom is -0.497 e. The van der Waals surface area contributed by atoms with Crippen LogP contribution in [0.4, 0.5) is 5.69 Å². The first-order chi connectivity index (χ1) is 12.3. The van der Waals surface area contributed by atoms with Crippen molar-refractivity contribution in [3.8, 4) is 5.75 Å². The Hall–Kier alpha value is -1.75. The fourth-order valence-corrected chi connectivity index (χ4v) is 6.50. The second kappa shape index (κ2) is 5.16. The molecule has 0 spiro atoms. The highest BCUT2D eigenvalue weighted by atomic mass is 16.5. The van der Waals surface area contributed by atoms with Crippen molar-refractivity contribution in [1.82, 2.24) is 5.01 Å². The Morgan fingerprint density at radius 3 is 2.46 bits per heavy atom. The molecule has 140 valence electrons. The van der Waals surface area contributed by atoms with Gasteiger partial charge in [0.15, 0.2) is 0 Å². The second-order valence-corrected chi connectivity index (χ2v) is 9.41. The van der Waals surface area contributed by atoms with Crippen LogP contribution < -0.4 is 9.75 Å². The molecule has 26 heavy (non-hydrogen) atoms. The lowest BCUT2D eigenvalue weighted by molar-refractivity contribution is -0.190. The van der Waals surface area contributed by atoms with E-state index in [9.17, 15) is 9.90 Å². The summed E-state index contributed by atoms with van der Waals surface area (Å²) in [5.41, 5.74) is -0.0173. The number of hydrogen-bond acceptors (Lipinski definition) is 4. The Morgan fingerprint density at radius 1 is 1.15 bits per heavy atom. The minimum atomic E-state index is -0.544. The van der Waals surface area contributed by atoms with E-state index in [4.69, 9.17) is 4.74 Å². The maximum absolute atomic E-state index is 13.1. The Bertz CT molecular complexity index is 745. The monoisotopic (exact) mass is 356 g/mol. The van der Waals surface area contributed by atoms with E-state index >= 15 is 0 Å². The van der Waals surface area contributed by atoms with Crippen LogP contribution in [0.15, 0.2) is 24.3 Å². The Kier molecular flexibility index (Phi) is 3.26. The molecule has 1 N–H and O–H groups in total. The predicted molar refractivity (Wildman–Crippen MR) is 98.7 cm³/mol. The molecular weight excluding hydrogens is 328 g/mol. The van der Waals surface area contributed by atoms with Crippen LogP contribution in [0.2, 0.25) is 0 Å². The normalized spacial score (nSPS) is 39.9. The number of aliphatic hydroxyl groups is 1. The number of benzene rings is 1. The molecule has 6 rings (SSSR count). The van der Waals surface area contributed by atoms with E-state index in [1.807, 2.05) is 43.1 Å². The van der Waals surface area contributed by atoms with Gasteiger partial charge in [-0.15, -0.1) is 0 Å². The first-order valence-corrected chi connectivity index (χ1v) is 9.83. The van der Waals surface area contributed by atoms with Gasteiger partial charge in [-0.05, 0) is 75.8 Å². The summed E-state index contributed by atoms with van der Waals surface area (Å²) in [6, 6.07) is 8.18. The Labute approximate surface area is 154 Å². The zero-order chi connectivity index (χ0) is 18.3. The lowest BCUT2D eigenvalue weighted by atomic mass is 9.52. The number of ether oxygens (including phenoxy) is 1. The maximum atomic E-state index is 13.1. The molecule has 1 aromatic rings. The van der Waals surface area contributed by atoms with E-state index in [1.165, 1.54) is 0 Å². The van der Waals surface area contributed by atoms with Crippen LogP contribution in [0.3, 0.4) is 0 Å². The third-order valence-corrected chi connectivity index (χ3v) is 7.25. The molecule has 1 saturated heterocycles. The number of hydrogen-bond donors (Lipinski definition) is 1. The third kappa shape index (κ3) is 2.10. The first kappa shape index (κ1) is 16.4. The van der Waals surface area contributed by atoms with Gasteiger partial charge in [0.25, 0.3) is 5.91 Å². The highest BCUT2D eigenvalue weighted by Gasteiger charge is 2.63. The molecule has 5 heteroatoms. The van der Waals surface area contributed by atoms with E-state index < -0.39 is 11.1 Å². The summed E-state index contributed by atoms with van der Waals surface area (Å²) in [6.45, 7) is 3.99. The zero-order valence-corrected chi connectivity index (χ0v) is 15.8. The third-order valence-electron chi connectivity index (χ3n) is 7.25. The highest BCUT2D eigenvalue weighted by Crippen LogP contribution is 2.58. The number of methoxy groups -OCH3 is 1. The Balaban J connectivity index is 1.51. The lowest BCUT2D eigenvalue weighted by Gasteiger charge is -2.67. The summed E-state index contributed by atoms with van der Waals surface area (Å²) in [5.74, 6) is 2.48. The smallest absolute Gasteiger partial charge is 0.268 e. The molecule has 5 fully saturated rings. The lowest BCUT2D eigenvalue weighted by Crippen LogP contribution is -2.80. The van der Waals surface area contributed by atoms with Crippen molar-refractivity contribution in [1.29, 1.82) is 0 Å². The molecule has 0 radical (unpaired) electrons. The number of rotatable bonds is 3. The molecule has 5 nitrogen and oxygen atoms in total. The van der Waals surface area contributed by atoms with Crippen LogP contribution in [-0.4, -0.2) is 40.3 Å². The fourth-order valence-electron chi connectivity index (χ4n) is 6.50. The van der Waals surface area contributed by atoms with Crippen molar-refractivity contribution >= 4 is 11.6 Å². The summed E-state index contributed by atoms with van der Waals surface area (Å²) in [5, 5.41) is 15.1. The van der Waals surface area contributed by atoms with Gasteiger partial charge in [0, 0.05) is 6.07 Å². The first-order valence-electron chi connectivity index (χ1n) is 9.83. The van der Waals surface area contributed by atoms with Crippen LogP contribution in [0.25, 0.3) is 0 Å². The number of carbonyl (C=O) groups excluding carboxylic acids is 1. The van der Waals surface area contributed by atoms with Crippen LogP contribution in [0.1, 0.15) is 46.0 Å². The van der Waals surface area contributed by atoms with Crippen molar-refractivity contribution in [2.24, 2.45) is 17.8 Å². The van der Waals surface area contributed by atoms with E-state index in [0.29, 0.717) is 17.8 Å². The second-order valence-electron chi connectivity index (χ2n) is 9.41. The van der Waals surface area contributed by atoms with E-state index in [1.54, 1.807) is 7.11 Å². The maximum Gasteiger partial charge on any atom is 0.268 e. The van der Waals surface area contributed by atoms with Gasteiger partial charge in [-0.3, -0.25) is 9.80 Å². The van der Waals surface area contributed by atoms with E-state index in [0.717, 1.165) is 43.5 Å². The zero-order valence-electron chi connectivity index (χ0n) is 15.8. The summed E-state index contributed by atoms with van der Waals surface area (Å²) in [4.78, 5) is 13.1. The molecule has 1 amide bonds. The predicted octanol–water partition coefficient (Wildman–Crippen LogP) is 2.98. The molecule has 1 aromatic carbocycles. The standard InChI is InChI=1S/C21H28N2O3/c1-20(2)19(24)22(23(20)16-5-4-6-17(9-16)26-3)18-14-7-13-8-15(18)12-21(25,10-13)11-14/h4-6,9,13-15,18,25H,7-8,10-12H2,1-3H3/t13?,14-,15+,18?,21?. The summed E-state index contributed by atoms with van der Waals surface area (Å²) in [6.07, 6.45) is 4.96. The van der Waals surface area contributed by atoms with Crippen molar-refractivity contribution in [3.63, 3.8) is 0 Å². The average molecular weight is 356 g/mol. The summed E-state index contributed by atoms with van der Waals surface area (Å²) in [7, 11) is 1.67. The molecule has 4 aliphatic carbocycles. The van der Waals surface area contributed by atoms with Gasteiger partial charge >= 0.3 is 0 Å². The topological polar surface area (TPSA) is 53.0 Å². The van der Waals surface area contributed by atoms with Gasteiger partial charge in [-0.25, -0.2) is 5.01 Å². The van der Waals surface area contributed by atoms with Gasteiger partial charge in [0.1, 0.15) is 11.3 Å². The van der Waals surface area contributed by atoms with Crippen LogP contribution in [0, 0.1) is 17.8 Å². The minimum absolute atomic E-state index is 0.199. The number of hydrazine groups is 1. The molecule has 0 aromatic heterocycles. The molecular formula is C21H28N2O3. The summed E-state index contributed by atoms with van der Waals surface area (Å²) >= 11 is 0. The van der Waals surface area contributed by atoms with Crippen molar-refractivity contribution in [3.05, 3.63) is 24.3 Å². The number of carbonyl (C=O) groups is 1. The number of nitrogens with zero attached hydrogens (tertiary/aromatic N) is 2. The quantitative estimate of drug-likeness (QED) is 0.905. The van der Waals surface area contributed by atoms with Gasteiger partial charge in [-0.2, -0.15) is 0 Å². The summed E-state index contributed by atoms with van der Waals surface area (Å²) < 4.78 is 5.39. The molecule has 3 unspecified atom stereocenters. The molecule has 4 bridgehead atoms. The molecule has 4 saturated carbocycles. The van der Waals surface area contributed by atoms with Crippen molar-refractivity contribution < 1.29 is 14.6 Å². The van der Waals surface area contributed by atoms with E-state index in [-0.39, 0.29) is 11.9 Å². The number of anilines is 1. The highest BCUT2D eigenvalue weighted by molar-refractivity contribution is 5.98. The van der Waals surface area contributed by atoms with Gasteiger partial charge in [0.05, 0.1) is 24.4 Å². The van der Waals surface area contributed by atoms with Crippen LogP contribution in [-0.2, 0) is 4.79 Å². The van der Waals surface area contributed by atoms with Gasteiger partial charge in [0.2, 0.25) is 0 Å². The average Bonchev–Trinajstić information content (AvgIpc) is 2.58. The number of amides is 1. The Morgan fingerprint density at radius 2 is 1.85 bits per heavy atom. The van der Waals surface area contributed by atoms with Crippen LogP contribution >= 0.6 is 0 Å². The van der Waals surface area contributed by atoms with Crippen molar-refractivity contribution in [2.75, 3.05) is 12.1 Å². The fraction of sp³-hybridized carbons (Fsp3) is 0.667. The molecule has 5 atom stereocenters. The van der Waals surface area contributed by atoms with Crippen LogP contribution in [0.5, 0.6) is 5.75 Å². The largest absolute Gasteiger partial charge is 0.497 e. The SMILES string of the molecule is COc1cccc(N2N(C3[C@@H]4CC5C[C@H]3CC(O)(C5)C4)C(=O)C2(C)C)c1. The molecule has 1 heterocycles.